The molecule has 0 rings (SSSR count). The molecular weight excluding hydrogens is 204 g/mol. The van der Waals surface area contributed by atoms with Gasteiger partial charge in [0.15, 0.2) is 0 Å². The smallest absolute Gasteiger partial charge is 0.217 e. The lowest BCUT2D eigenvalue weighted by Crippen LogP contribution is -2.46. The van der Waals surface area contributed by atoms with E-state index in [1.165, 1.54) is 0 Å². The lowest BCUT2D eigenvalue weighted by atomic mass is 9.78. The van der Waals surface area contributed by atoms with Crippen LogP contribution in [0.5, 0.6) is 0 Å². The molecule has 0 aliphatic heterocycles. The fourth-order valence-electron chi connectivity index (χ4n) is 2.21. The minimum atomic E-state index is -0.374. The zero-order valence-electron chi connectivity index (χ0n) is 10.7. The van der Waals surface area contributed by atoms with Crippen LogP contribution in [-0.2, 0) is 4.79 Å². The number of rotatable bonds is 8. The number of aliphatic hydroxyl groups is 1. The van der Waals surface area contributed by atoms with Gasteiger partial charge in [-0.05, 0) is 38.0 Å². The summed E-state index contributed by atoms with van der Waals surface area (Å²) in [5.41, 5.74) is 10.9. The van der Waals surface area contributed by atoms with E-state index in [1.54, 1.807) is 0 Å². The number of aliphatic hydroxyl groups excluding tert-OH is 1. The summed E-state index contributed by atoms with van der Waals surface area (Å²) in [5.74, 6) is 0.200. The van der Waals surface area contributed by atoms with Crippen molar-refractivity contribution in [2.45, 2.75) is 52.0 Å². The van der Waals surface area contributed by atoms with Gasteiger partial charge < -0.3 is 16.6 Å². The van der Waals surface area contributed by atoms with Crippen LogP contribution in [0.2, 0.25) is 0 Å². The van der Waals surface area contributed by atoms with Gasteiger partial charge in [0.25, 0.3) is 0 Å². The predicted molar refractivity (Wildman–Crippen MR) is 65.7 cm³/mol. The molecule has 3 atom stereocenters. The Labute approximate surface area is 98.4 Å². The molecule has 0 aromatic carbocycles. The summed E-state index contributed by atoms with van der Waals surface area (Å²) in [5, 5.41) is 9.24. The molecule has 96 valence electrons. The van der Waals surface area contributed by atoms with Gasteiger partial charge in [0.05, 0.1) is 0 Å². The summed E-state index contributed by atoms with van der Waals surface area (Å²) in [4.78, 5) is 10.7. The molecule has 16 heavy (non-hydrogen) atoms. The van der Waals surface area contributed by atoms with Crippen molar-refractivity contribution < 1.29 is 9.90 Å². The zero-order valence-corrected chi connectivity index (χ0v) is 10.7. The SMILES string of the molecule is CC[C@H](CO)[C@@](C)(N)CC(C)CCC(N)=O. The van der Waals surface area contributed by atoms with Crippen LogP contribution in [0.4, 0.5) is 0 Å². The van der Waals surface area contributed by atoms with Gasteiger partial charge in [0, 0.05) is 18.6 Å². The van der Waals surface area contributed by atoms with Crippen molar-refractivity contribution in [1.29, 1.82) is 0 Å². The van der Waals surface area contributed by atoms with E-state index >= 15 is 0 Å². The van der Waals surface area contributed by atoms with Crippen LogP contribution >= 0.6 is 0 Å². The Kier molecular flexibility index (Phi) is 6.60. The van der Waals surface area contributed by atoms with Crippen LogP contribution in [0.3, 0.4) is 0 Å². The Morgan fingerprint density at radius 1 is 1.50 bits per heavy atom. The molecule has 1 unspecified atom stereocenters. The van der Waals surface area contributed by atoms with E-state index in [1.807, 2.05) is 13.8 Å². The van der Waals surface area contributed by atoms with Crippen molar-refractivity contribution in [3.05, 3.63) is 0 Å². The average molecular weight is 230 g/mol. The van der Waals surface area contributed by atoms with Gasteiger partial charge in [0.2, 0.25) is 5.91 Å². The molecule has 0 heterocycles. The van der Waals surface area contributed by atoms with Crippen LogP contribution in [-0.4, -0.2) is 23.2 Å². The van der Waals surface area contributed by atoms with Gasteiger partial charge in [-0.25, -0.2) is 0 Å². The Balaban J connectivity index is 4.17. The first-order chi connectivity index (χ1) is 7.33. The van der Waals surface area contributed by atoms with Crippen LogP contribution in [0, 0.1) is 11.8 Å². The molecule has 0 aromatic heterocycles. The molecule has 0 bridgehead atoms. The monoisotopic (exact) mass is 230 g/mol. The molecule has 0 radical (unpaired) electrons. The molecule has 4 nitrogen and oxygen atoms in total. The van der Waals surface area contributed by atoms with E-state index in [9.17, 15) is 9.90 Å². The Morgan fingerprint density at radius 3 is 2.44 bits per heavy atom. The van der Waals surface area contributed by atoms with Crippen molar-refractivity contribution in [3.8, 4) is 0 Å². The van der Waals surface area contributed by atoms with Gasteiger partial charge >= 0.3 is 0 Å². The van der Waals surface area contributed by atoms with E-state index in [0.717, 1.165) is 19.3 Å². The summed E-state index contributed by atoms with van der Waals surface area (Å²) >= 11 is 0. The van der Waals surface area contributed by atoms with Gasteiger partial charge in [-0.1, -0.05) is 13.8 Å². The number of nitrogens with two attached hydrogens (primary N) is 2. The minimum Gasteiger partial charge on any atom is -0.396 e. The largest absolute Gasteiger partial charge is 0.396 e. The Morgan fingerprint density at radius 2 is 2.06 bits per heavy atom. The molecule has 0 spiro atoms. The molecule has 0 aromatic rings. The number of hydrogen-bond donors (Lipinski definition) is 3. The highest BCUT2D eigenvalue weighted by molar-refractivity contribution is 5.73. The minimum absolute atomic E-state index is 0.114. The molecule has 0 saturated heterocycles. The third kappa shape index (κ3) is 5.47. The molecule has 0 fully saturated rings. The fourth-order valence-corrected chi connectivity index (χ4v) is 2.21. The predicted octanol–water partition coefficient (Wildman–Crippen LogP) is 1.01. The zero-order chi connectivity index (χ0) is 12.8. The second kappa shape index (κ2) is 6.86. The van der Waals surface area contributed by atoms with Gasteiger partial charge in [-0.3, -0.25) is 4.79 Å². The topological polar surface area (TPSA) is 89.3 Å². The van der Waals surface area contributed by atoms with Crippen LogP contribution in [0.1, 0.15) is 46.5 Å². The van der Waals surface area contributed by atoms with Crippen LogP contribution in [0.25, 0.3) is 0 Å². The highest BCUT2D eigenvalue weighted by Gasteiger charge is 2.29. The van der Waals surface area contributed by atoms with Crippen molar-refractivity contribution in [2.24, 2.45) is 23.3 Å². The number of carbonyl (C=O) groups is 1. The highest BCUT2D eigenvalue weighted by atomic mass is 16.3. The second-order valence-electron chi connectivity index (χ2n) is 5.11. The summed E-state index contributed by atoms with van der Waals surface area (Å²) in [7, 11) is 0. The van der Waals surface area contributed by atoms with Crippen LogP contribution < -0.4 is 11.5 Å². The molecule has 0 saturated carbocycles. The van der Waals surface area contributed by atoms with Crippen molar-refractivity contribution >= 4 is 5.91 Å². The number of hydrogen-bond acceptors (Lipinski definition) is 3. The van der Waals surface area contributed by atoms with E-state index in [2.05, 4.69) is 6.92 Å². The third-order valence-electron chi connectivity index (χ3n) is 3.32. The van der Waals surface area contributed by atoms with Crippen LogP contribution in [0.15, 0.2) is 0 Å². The molecule has 5 N–H and O–H groups in total. The molecule has 0 aliphatic carbocycles. The maximum Gasteiger partial charge on any atom is 0.217 e. The van der Waals surface area contributed by atoms with Crippen molar-refractivity contribution in [3.63, 3.8) is 0 Å². The summed E-state index contributed by atoms with van der Waals surface area (Å²) in [6.45, 7) is 6.18. The highest BCUT2D eigenvalue weighted by Crippen LogP contribution is 2.26. The van der Waals surface area contributed by atoms with E-state index in [0.29, 0.717) is 12.3 Å². The van der Waals surface area contributed by atoms with Gasteiger partial charge in [0.1, 0.15) is 0 Å². The fraction of sp³-hybridized carbons (Fsp3) is 0.917. The molecular formula is C12H26N2O2. The summed E-state index contributed by atoms with van der Waals surface area (Å²) in [6.07, 6.45) is 2.85. The molecule has 4 heteroatoms. The molecule has 0 aliphatic rings. The maximum absolute atomic E-state index is 10.7. The lowest BCUT2D eigenvalue weighted by molar-refractivity contribution is -0.118. The van der Waals surface area contributed by atoms with Crippen molar-refractivity contribution in [2.75, 3.05) is 6.61 Å². The maximum atomic E-state index is 10.7. The summed E-state index contributed by atoms with van der Waals surface area (Å²) in [6, 6.07) is 0. The number of primary amides is 1. The summed E-state index contributed by atoms with van der Waals surface area (Å²) < 4.78 is 0. The second-order valence-corrected chi connectivity index (χ2v) is 5.11. The number of amides is 1. The third-order valence-corrected chi connectivity index (χ3v) is 3.32. The first-order valence-electron chi connectivity index (χ1n) is 6.01. The van der Waals surface area contributed by atoms with E-state index in [4.69, 9.17) is 11.5 Å². The van der Waals surface area contributed by atoms with E-state index < -0.39 is 0 Å². The Bertz CT molecular complexity index is 213. The number of carbonyl (C=O) groups excluding carboxylic acids is 1. The molecule has 1 amide bonds. The first kappa shape index (κ1) is 15.4. The first-order valence-corrected chi connectivity index (χ1v) is 6.01. The average Bonchev–Trinajstić information content (AvgIpc) is 2.15. The standard InChI is InChI=1S/C12H26N2O2/c1-4-10(8-15)12(3,14)7-9(2)5-6-11(13)16/h9-10,15H,4-8,14H2,1-3H3,(H2,13,16)/t9?,10-,12+/m1/s1. The van der Waals surface area contributed by atoms with E-state index in [-0.39, 0.29) is 24.0 Å². The normalized spacial score (nSPS) is 18.8. The quantitative estimate of drug-likeness (QED) is 0.581. The van der Waals surface area contributed by atoms with Crippen molar-refractivity contribution in [1.82, 2.24) is 0 Å². The van der Waals surface area contributed by atoms with Gasteiger partial charge in [-0.2, -0.15) is 0 Å². The lowest BCUT2D eigenvalue weighted by Gasteiger charge is -2.34. The van der Waals surface area contributed by atoms with Gasteiger partial charge in [-0.15, -0.1) is 0 Å². The Hall–Kier alpha value is -0.610.